The quantitative estimate of drug-likeness (QED) is 0.665. The molecule has 0 fully saturated rings. The normalized spacial score (nSPS) is 14.2. The van der Waals surface area contributed by atoms with Crippen LogP contribution in [0.3, 0.4) is 0 Å². The molecule has 0 saturated heterocycles. The summed E-state index contributed by atoms with van der Waals surface area (Å²) in [6, 6.07) is 0. The van der Waals surface area contributed by atoms with Crippen molar-refractivity contribution < 1.29 is 9.90 Å². The molecule has 13 heavy (non-hydrogen) atoms. The summed E-state index contributed by atoms with van der Waals surface area (Å²) in [5.41, 5.74) is 1.88. The second-order valence-corrected chi connectivity index (χ2v) is 3.39. The second-order valence-electron chi connectivity index (χ2n) is 3.01. The highest BCUT2D eigenvalue weighted by molar-refractivity contribution is 7.71. The van der Waals surface area contributed by atoms with Crippen LogP contribution < -0.4 is 0 Å². The van der Waals surface area contributed by atoms with Gasteiger partial charge in [0, 0.05) is 11.3 Å². The first-order valence-electron chi connectivity index (χ1n) is 4.04. The molecule has 1 aliphatic carbocycles. The zero-order chi connectivity index (χ0) is 9.42. The van der Waals surface area contributed by atoms with Crippen LogP contribution in [0.2, 0.25) is 0 Å². The standard InChI is InChI=1S/C8H8N2O2S/c11-7(12)6-4-2-1-3-5(4)9-8(13)10-6/h1-3H2,(H,11,12)(H,9,10,13). The topological polar surface area (TPSA) is 66.0 Å². The van der Waals surface area contributed by atoms with E-state index in [0.717, 1.165) is 30.5 Å². The minimum Gasteiger partial charge on any atom is -0.476 e. The molecule has 2 N–H and O–H groups in total. The molecular weight excluding hydrogens is 188 g/mol. The maximum Gasteiger partial charge on any atom is 0.354 e. The molecular formula is C8H8N2O2S. The van der Waals surface area contributed by atoms with Gasteiger partial charge in [-0.15, -0.1) is 0 Å². The van der Waals surface area contributed by atoms with Crippen molar-refractivity contribution in [2.75, 3.05) is 0 Å². The van der Waals surface area contributed by atoms with Gasteiger partial charge in [-0.2, -0.15) is 0 Å². The molecule has 0 spiro atoms. The van der Waals surface area contributed by atoms with Gasteiger partial charge >= 0.3 is 5.97 Å². The molecule has 68 valence electrons. The number of nitrogens with one attached hydrogen (secondary N) is 1. The number of hydrogen-bond acceptors (Lipinski definition) is 3. The molecule has 4 nitrogen and oxygen atoms in total. The lowest BCUT2D eigenvalue weighted by molar-refractivity contribution is 0.0689. The lowest BCUT2D eigenvalue weighted by Crippen LogP contribution is -2.07. The molecule has 1 aromatic heterocycles. The maximum atomic E-state index is 10.8. The Labute approximate surface area is 79.6 Å². The largest absolute Gasteiger partial charge is 0.476 e. The molecule has 1 aliphatic rings. The first kappa shape index (κ1) is 8.37. The van der Waals surface area contributed by atoms with Crippen LogP contribution in [0.25, 0.3) is 0 Å². The molecule has 0 radical (unpaired) electrons. The summed E-state index contributed by atoms with van der Waals surface area (Å²) in [6.07, 6.45) is 2.64. The van der Waals surface area contributed by atoms with Crippen LogP contribution in [0.1, 0.15) is 28.2 Å². The zero-order valence-corrected chi connectivity index (χ0v) is 7.65. The number of aryl methyl sites for hydroxylation is 1. The number of carboxylic acids is 1. The van der Waals surface area contributed by atoms with Crippen LogP contribution in [0.5, 0.6) is 0 Å². The lowest BCUT2D eigenvalue weighted by atomic mass is 10.2. The molecule has 0 aromatic carbocycles. The first-order valence-corrected chi connectivity index (χ1v) is 4.44. The second kappa shape index (κ2) is 2.92. The number of hydrogen-bond donors (Lipinski definition) is 2. The average molecular weight is 196 g/mol. The van der Waals surface area contributed by atoms with Crippen LogP contribution in [0.15, 0.2) is 0 Å². The molecule has 5 heteroatoms. The summed E-state index contributed by atoms with van der Waals surface area (Å²) in [5, 5.41) is 8.85. The smallest absolute Gasteiger partial charge is 0.354 e. The predicted molar refractivity (Wildman–Crippen MR) is 48.4 cm³/mol. The highest BCUT2D eigenvalue weighted by Gasteiger charge is 2.20. The van der Waals surface area contributed by atoms with E-state index in [4.69, 9.17) is 17.3 Å². The van der Waals surface area contributed by atoms with Crippen molar-refractivity contribution in [3.05, 3.63) is 21.7 Å². The van der Waals surface area contributed by atoms with E-state index in [1.165, 1.54) is 0 Å². The molecule has 0 saturated carbocycles. The number of carboxylic acid groups (broad SMARTS) is 1. The number of aromatic amines is 1. The average Bonchev–Trinajstić information content (AvgIpc) is 2.49. The van der Waals surface area contributed by atoms with E-state index < -0.39 is 5.97 Å². The van der Waals surface area contributed by atoms with Gasteiger partial charge in [0.1, 0.15) is 0 Å². The number of aromatic nitrogens is 2. The van der Waals surface area contributed by atoms with Gasteiger partial charge in [0.25, 0.3) is 0 Å². The van der Waals surface area contributed by atoms with Crippen LogP contribution in [-0.4, -0.2) is 21.0 Å². The molecule has 2 rings (SSSR count). The van der Waals surface area contributed by atoms with Crippen LogP contribution in [-0.2, 0) is 12.8 Å². The summed E-state index contributed by atoms with van der Waals surface area (Å²) in [6.45, 7) is 0. The molecule has 0 aliphatic heterocycles. The van der Waals surface area contributed by atoms with Gasteiger partial charge in [0.05, 0.1) is 0 Å². The van der Waals surface area contributed by atoms with Crippen LogP contribution >= 0.6 is 12.2 Å². The molecule has 1 aromatic rings. The Morgan fingerprint density at radius 1 is 1.54 bits per heavy atom. The van der Waals surface area contributed by atoms with E-state index in [-0.39, 0.29) is 10.5 Å². The predicted octanol–water partition coefficient (Wildman–Crippen LogP) is 1.33. The van der Waals surface area contributed by atoms with Crippen molar-refractivity contribution in [3.63, 3.8) is 0 Å². The third kappa shape index (κ3) is 1.35. The zero-order valence-electron chi connectivity index (χ0n) is 6.83. The molecule has 0 unspecified atom stereocenters. The minimum absolute atomic E-state index is 0.122. The van der Waals surface area contributed by atoms with Gasteiger partial charge in [0.15, 0.2) is 10.5 Å². The Morgan fingerprint density at radius 3 is 3.00 bits per heavy atom. The van der Waals surface area contributed by atoms with Crippen LogP contribution in [0, 0.1) is 4.77 Å². The van der Waals surface area contributed by atoms with Crippen molar-refractivity contribution in [1.29, 1.82) is 0 Å². The lowest BCUT2D eigenvalue weighted by Gasteiger charge is -2.01. The summed E-state index contributed by atoms with van der Waals surface area (Å²) in [4.78, 5) is 17.5. The van der Waals surface area contributed by atoms with Crippen LogP contribution in [0.4, 0.5) is 0 Å². The first-order chi connectivity index (χ1) is 6.18. The number of rotatable bonds is 1. The Morgan fingerprint density at radius 2 is 2.31 bits per heavy atom. The van der Waals surface area contributed by atoms with Gasteiger partial charge in [-0.25, -0.2) is 9.78 Å². The van der Waals surface area contributed by atoms with Crippen molar-refractivity contribution in [2.24, 2.45) is 0 Å². The Balaban J connectivity index is 2.69. The number of carbonyl (C=O) groups is 1. The van der Waals surface area contributed by atoms with E-state index in [1.807, 2.05) is 0 Å². The Kier molecular flexibility index (Phi) is 1.88. The number of fused-ring (bicyclic) bond motifs is 1. The number of nitrogens with zero attached hydrogens (tertiary/aromatic N) is 1. The van der Waals surface area contributed by atoms with Crippen molar-refractivity contribution >= 4 is 18.2 Å². The van der Waals surface area contributed by atoms with Crippen molar-refractivity contribution in [2.45, 2.75) is 19.3 Å². The number of H-pyrrole nitrogens is 1. The molecule has 0 bridgehead atoms. The van der Waals surface area contributed by atoms with Gasteiger partial charge in [-0.05, 0) is 31.5 Å². The minimum atomic E-state index is -0.988. The van der Waals surface area contributed by atoms with E-state index in [1.54, 1.807) is 0 Å². The highest BCUT2D eigenvalue weighted by Crippen LogP contribution is 2.21. The highest BCUT2D eigenvalue weighted by atomic mass is 32.1. The monoisotopic (exact) mass is 196 g/mol. The van der Waals surface area contributed by atoms with Gasteiger partial charge in [-0.3, -0.25) is 0 Å². The fourth-order valence-corrected chi connectivity index (χ4v) is 1.86. The fourth-order valence-electron chi connectivity index (χ4n) is 1.65. The van der Waals surface area contributed by atoms with Gasteiger partial charge < -0.3 is 10.1 Å². The van der Waals surface area contributed by atoms with Gasteiger partial charge in [-0.1, -0.05) is 0 Å². The van der Waals surface area contributed by atoms with E-state index in [2.05, 4.69) is 9.97 Å². The van der Waals surface area contributed by atoms with Crippen molar-refractivity contribution in [1.82, 2.24) is 9.97 Å². The van der Waals surface area contributed by atoms with E-state index in [0.29, 0.717) is 0 Å². The third-order valence-corrected chi connectivity index (χ3v) is 2.37. The molecule has 0 amide bonds. The summed E-state index contributed by atoms with van der Waals surface area (Å²) in [7, 11) is 0. The SMILES string of the molecule is O=C(O)c1nc(=S)[nH]c2c1CCC2. The maximum absolute atomic E-state index is 10.8. The Bertz CT molecular complexity index is 425. The third-order valence-electron chi connectivity index (χ3n) is 2.18. The summed E-state index contributed by atoms with van der Waals surface area (Å²) >= 11 is 4.83. The van der Waals surface area contributed by atoms with E-state index in [9.17, 15) is 4.79 Å². The van der Waals surface area contributed by atoms with Gasteiger partial charge in [0.2, 0.25) is 0 Å². The molecule has 0 atom stereocenters. The van der Waals surface area contributed by atoms with Crippen molar-refractivity contribution in [3.8, 4) is 0 Å². The Hall–Kier alpha value is -1.23. The fraction of sp³-hybridized carbons (Fsp3) is 0.375. The van der Waals surface area contributed by atoms with E-state index >= 15 is 0 Å². The molecule has 1 heterocycles. The number of aromatic carboxylic acids is 1. The summed E-state index contributed by atoms with van der Waals surface area (Å²) in [5.74, 6) is -0.988. The summed E-state index contributed by atoms with van der Waals surface area (Å²) < 4.78 is 0.262.